The van der Waals surface area contributed by atoms with Crippen molar-refractivity contribution in [3.8, 4) is 33.4 Å². The summed E-state index contributed by atoms with van der Waals surface area (Å²) in [7, 11) is 0. The molecule has 0 N–H and O–H groups in total. The number of thiophene rings is 1. The average Bonchev–Trinajstić information content (AvgIpc) is 3.55. The molecule has 1 nitrogen and oxygen atoms in total. The van der Waals surface area contributed by atoms with Crippen LogP contribution in [0.3, 0.4) is 0 Å². The van der Waals surface area contributed by atoms with Gasteiger partial charge in [-0.05, 0) is 98.8 Å². The maximum absolute atomic E-state index is 2.39. The molecule has 0 saturated carbocycles. The molecule has 226 valence electrons. The second-order valence-electron chi connectivity index (χ2n) is 12.2. The van der Waals surface area contributed by atoms with E-state index in [1.807, 2.05) is 11.3 Å². The Morgan fingerprint density at radius 3 is 1.62 bits per heavy atom. The summed E-state index contributed by atoms with van der Waals surface area (Å²) < 4.78 is 2.61. The molecular formula is C46H31NS. The van der Waals surface area contributed by atoms with E-state index in [1.54, 1.807) is 0 Å². The monoisotopic (exact) mass is 629 g/mol. The predicted molar refractivity (Wildman–Crippen MR) is 208 cm³/mol. The van der Waals surface area contributed by atoms with E-state index in [4.69, 9.17) is 0 Å². The number of para-hydroxylation sites is 1. The fourth-order valence-corrected chi connectivity index (χ4v) is 8.05. The predicted octanol–water partition coefficient (Wildman–Crippen LogP) is 13.7. The molecule has 0 radical (unpaired) electrons. The van der Waals surface area contributed by atoms with Gasteiger partial charge in [-0.15, -0.1) is 11.3 Å². The zero-order chi connectivity index (χ0) is 31.9. The summed E-state index contributed by atoms with van der Waals surface area (Å²) in [4.78, 5) is 2.39. The van der Waals surface area contributed by atoms with Crippen LogP contribution in [0, 0.1) is 0 Å². The average molecular weight is 630 g/mol. The first-order valence-corrected chi connectivity index (χ1v) is 17.2. The summed E-state index contributed by atoms with van der Waals surface area (Å²) in [5.74, 6) is 0. The maximum atomic E-state index is 2.39. The van der Waals surface area contributed by atoms with Gasteiger partial charge in [-0.25, -0.2) is 0 Å². The minimum atomic E-state index is 1.13. The van der Waals surface area contributed by atoms with Crippen LogP contribution in [-0.4, -0.2) is 0 Å². The van der Waals surface area contributed by atoms with Crippen LogP contribution in [0.1, 0.15) is 0 Å². The van der Waals surface area contributed by atoms with Crippen LogP contribution in [-0.2, 0) is 0 Å². The largest absolute Gasteiger partial charge is 0.309 e. The molecule has 1 heterocycles. The summed E-state index contributed by atoms with van der Waals surface area (Å²) in [5.41, 5.74) is 10.7. The van der Waals surface area contributed by atoms with Crippen LogP contribution in [0.15, 0.2) is 188 Å². The summed E-state index contributed by atoms with van der Waals surface area (Å²) in [6.07, 6.45) is 0. The highest BCUT2D eigenvalue weighted by atomic mass is 32.1. The van der Waals surface area contributed by atoms with Gasteiger partial charge >= 0.3 is 0 Å². The third-order valence-corrected chi connectivity index (χ3v) is 10.4. The van der Waals surface area contributed by atoms with Crippen molar-refractivity contribution in [2.45, 2.75) is 0 Å². The van der Waals surface area contributed by atoms with Crippen molar-refractivity contribution in [1.82, 2.24) is 0 Å². The Balaban J connectivity index is 1.07. The Labute approximate surface area is 284 Å². The fraction of sp³-hybridized carbons (Fsp3) is 0. The third kappa shape index (κ3) is 5.13. The van der Waals surface area contributed by atoms with Crippen molar-refractivity contribution < 1.29 is 0 Å². The van der Waals surface area contributed by atoms with Crippen LogP contribution < -0.4 is 4.90 Å². The molecule has 0 unspecified atom stereocenters. The summed E-state index contributed by atoms with van der Waals surface area (Å²) in [6.45, 7) is 0. The van der Waals surface area contributed by atoms with Gasteiger partial charge in [0, 0.05) is 26.8 Å². The first-order chi connectivity index (χ1) is 23.8. The van der Waals surface area contributed by atoms with Gasteiger partial charge in [-0.3, -0.25) is 0 Å². The van der Waals surface area contributed by atoms with Crippen molar-refractivity contribution in [2.24, 2.45) is 0 Å². The lowest BCUT2D eigenvalue weighted by atomic mass is 9.95. The van der Waals surface area contributed by atoms with Crippen molar-refractivity contribution in [3.63, 3.8) is 0 Å². The molecule has 0 aliphatic heterocycles. The van der Waals surface area contributed by atoms with Gasteiger partial charge in [0.1, 0.15) is 0 Å². The number of hydrogen-bond acceptors (Lipinski definition) is 2. The lowest BCUT2D eigenvalue weighted by molar-refractivity contribution is 1.30. The topological polar surface area (TPSA) is 3.24 Å². The van der Waals surface area contributed by atoms with Crippen molar-refractivity contribution >= 4 is 59.3 Å². The Kier molecular flexibility index (Phi) is 7.07. The number of nitrogens with zero attached hydrogens (tertiary/aromatic N) is 1. The molecule has 2 heteroatoms. The number of fused-ring (bicyclic) bond motifs is 4. The van der Waals surface area contributed by atoms with Crippen molar-refractivity contribution in [2.75, 3.05) is 4.90 Å². The maximum Gasteiger partial charge on any atom is 0.0640 e. The van der Waals surface area contributed by atoms with E-state index in [9.17, 15) is 0 Å². The van der Waals surface area contributed by atoms with E-state index in [2.05, 4.69) is 193 Å². The number of anilines is 3. The molecule has 48 heavy (non-hydrogen) atoms. The van der Waals surface area contributed by atoms with Gasteiger partial charge in [-0.2, -0.15) is 0 Å². The Hall–Kier alpha value is -5.96. The van der Waals surface area contributed by atoms with E-state index in [0.717, 1.165) is 11.4 Å². The number of benzene rings is 8. The molecule has 0 fully saturated rings. The zero-order valence-electron chi connectivity index (χ0n) is 26.3. The number of rotatable bonds is 6. The molecule has 0 saturated heterocycles. The Morgan fingerprint density at radius 2 is 0.875 bits per heavy atom. The van der Waals surface area contributed by atoms with E-state index in [0.29, 0.717) is 0 Å². The summed E-state index contributed by atoms with van der Waals surface area (Å²) >= 11 is 1.86. The van der Waals surface area contributed by atoms with Gasteiger partial charge < -0.3 is 4.90 Å². The second kappa shape index (κ2) is 12.0. The lowest BCUT2D eigenvalue weighted by Crippen LogP contribution is -2.09. The van der Waals surface area contributed by atoms with Crippen LogP contribution >= 0.6 is 11.3 Å². The molecule has 0 aliphatic carbocycles. The van der Waals surface area contributed by atoms with E-state index < -0.39 is 0 Å². The normalized spacial score (nSPS) is 11.3. The molecule has 0 bridgehead atoms. The minimum Gasteiger partial charge on any atom is -0.309 e. The van der Waals surface area contributed by atoms with Crippen LogP contribution in [0.25, 0.3) is 64.3 Å². The Bertz CT molecular complexity index is 2560. The van der Waals surface area contributed by atoms with Crippen LogP contribution in [0.2, 0.25) is 0 Å². The lowest BCUT2D eigenvalue weighted by Gasteiger charge is -2.26. The molecule has 1 aromatic heterocycles. The quantitative estimate of drug-likeness (QED) is 0.177. The fourth-order valence-electron chi connectivity index (χ4n) is 6.84. The van der Waals surface area contributed by atoms with Crippen molar-refractivity contribution in [1.29, 1.82) is 0 Å². The second-order valence-corrected chi connectivity index (χ2v) is 13.2. The number of hydrogen-bond donors (Lipinski definition) is 0. The van der Waals surface area contributed by atoms with E-state index in [-0.39, 0.29) is 0 Å². The van der Waals surface area contributed by atoms with Crippen LogP contribution in [0.5, 0.6) is 0 Å². The van der Waals surface area contributed by atoms with Gasteiger partial charge in [0.2, 0.25) is 0 Å². The molecule has 0 amide bonds. The SMILES string of the molecule is c1ccc(N(c2ccc(-c3cccc(-c4cccc(-c5ccc6ccccc6c5)c4)c3)cc2)c2cccc3c2sc2ccccc23)cc1. The van der Waals surface area contributed by atoms with Gasteiger partial charge in [0.25, 0.3) is 0 Å². The zero-order valence-corrected chi connectivity index (χ0v) is 27.1. The van der Waals surface area contributed by atoms with Crippen molar-refractivity contribution in [3.05, 3.63) is 188 Å². The first kappa shape index (κ1) is 28.3. The molecule has 0 atom stereocenters. The van der Waals surface area contributed by atoms with Gasteiger partial charge in [0.15, 0.2) is 0 Å². The van der Waals surface area contributed by atoms with Gasteiger partial charge in [-0.1, -0.05) is 133 Å². The Morgan fingerprint density at radius 1 is 0.333 bits per heavy atom. The molecule has 8 aromatic carbocycles. The van der Waals surface area contributed by atoms with Gasteiger partial charge in [0.05, 0.1) is 10.4 Å². The first-order valence-electron chi connectivity index (χ1n) is 16.3. The molecule has 0 aliphatic rings. The molecule has 0 spiro atoms. The minimum absolute atomic E-state index is 1.13. The molecule has 9 rings (SSSR count). The highest BCUT2D eigenvalue weighted by Gasteiger charge is 2.18. The standard InChI is InChI=1S/C46H31NS/c1-2-17-40(18-3-1)47(44-21-10-20-43-42-19-6-7-22-45(42)48-46(43)44)41-27-25-33(26-28-41)35-13-8-14-36(29-35)37-15-9-16-38(31-37)39-24-23-32-11-4-5-12-34(32)30-39/h1-31H. The summed E-state index contributed by atoms with van der Waals surface area (Å²) in [5, 5.41) is 5.13. The molecule has 9 aromatic rings. The van der Waals surface area contributed by atoms with E-state index >= 15 is 0 Å². The smallest absolute Gasteiger partial charge is 0.0640 e. The highest BCUT2D eigenvalue weighted by molar-refractivity contribution is 7.26. The van der Waals surface area contributed by atoms with E-state index in [1.165, 1.54) is 70.0 Å². The third-order valence-electron chi connectivity index (χ3n) is 9.24. The summed E-state index contributed by atoms with van der Waals surface area (Å²) in [6, 6.07) is 68.1. The van der Waals surface area contributed by atoms with Crippen LogP contribution in [0.4, 0.5) is 17.1 Å². The highest BCUT2D eigenvalue weighted by Crippen LogP contribution is 2.45. The molecular weight excluding hydrogens is 599 g/mol.